The average Bonchev–Trinajstić information content (AvgIpc) is 2.79. The second-order valence-electron chi connectivity index (χ2n) is 6.35. The molecule has 0 bridgehead atoms. The molecule has 0 saturated heterocycles. The van der Waals surface area contributed by atoms with Gasteiger partial charge in [0.1, 0.15) is 17.2 Å². The molecular weight excluding hydrogens is 398 g/mol. The van der Waals surface area contributed by atoms with E-state index in [0.29, 0.717) is 22.7 Å². The molecule has 0 aliphatic carbocycles. The molecular formula is C23H21N3O5. The fourth-order valence-electron chi connectivity index (χ4n) is 2.56. The molecule has 0 aliphatic rings. The molecule has 8 nitrogen and oxygen atoms in total. The maximum Gasteiger partial charge on any atom is 0.275 e. The van der Waals surface area contributed by atoms with Crippen LogP contribution in [0.15, 0.2) is 77.9 Å². The van der Waals surface area contributed by atoms with E-state index in [1.54, 1.807) is 67.8 Å². The molecule has 3 rings (SSSR count). The summed E-state index contributed by atoms with van der Waals surface area (Å²) in [5.41, 5.74) is 3.85. The van der Waals surface area contributed by atoms with Crippen LogP contribution in [-0.4, -0.2) is 36.9 Å². The zero-order valence-electron chi connectivity index (χ0n) is 16.7. The van der Waals surface area contributed by atoms with Crippen molar-refractivity contribution in [2.75, 3.05) is 19.0 Å². The van der Waals surface area contributed by atoms with Gasteiger partial charge in [0.05, 0.1) is 18.9 Å². The van der Waals surface area contributed by atoms with Crippen LogP contribution >= 0.6 is 0 Å². The lowest BCUT2D eigenvalue weighted by Gasteiger charge is -2.08. The van der Waals surface area contributed by atoms with Crippen LogP contribution in [0.25, 0.3) is 0 Å². The first-order chi connectivity index (χ1) is 15.0. The Morgan fingerprint density at radius 3 is 2.32 bits per heavy atom. The predicted molar refractivity (Wildman–Crippen MR) is 117 cm³/mol. The van der Waals surface area contributed by atoms with Gasteiger partial charge in [-0.25, -0.2) is 5.43 Å². The largest absolute Gasteiger partial charge is 0.507 e. The number of hydrogen-bond donors (Lipinski definition) is 3. The highest BCUT2D eigenvalue weighted by molar-refractivity contribution is 5.97. The Morgan fingerprint density at radius 2 is 1.65 bits per heavy atom. The summed E-state index contributed by atoms with van der Waals surface area (Å²) in [5, 5.41) is 16.3. The number of hydrogen-bond acceptors (Lipinski definition) is 6. The summed E-state index contributed by atoms with van der Waals surface area (Å²) in [6.07, 6.45) is 1.46. The molecule has 0 spiro atoms. The van der Waals surface area contributed by atoms with E-state index in [1.807, 2.05) is 0 Å². The lowest BCUT2D eigenvalue weighted by molar-refractivity contribution is -0.118. The molecule has 0 unspecified atom stereocenters. The highest BCUT2D eigenvalue weighted by Gasteiger charge is 2.08. The number of phenols is 1. The fourth-order valence-corrected chi connectivity index (χ4v) is 2.56. The quantitative estimate of drug-likeness (QED) is 0.384. The van der Waals surface area contributed by atoms with Crippen LogP contribution in [0.1, 0.15) is 15.9 Å². The maximum absolute atomic E-state index is 12.0. The van der Waals surface area contributed by atoms with E-state index in [4.69, 9.17) is 9.47 Å². The maximum atomic E-state index is 12.0. The summed E-state index contributed by atoms with van der Waals surface area (Å²) in [4.78, 5) is 24.0. The number of hydrazone groups is 1. The fraction of sp³-hybridized carbons (Fsp3) is 0.0870. The summed E-state index contributed by atoms with van der Waals surface area (Å²) in [5.74, 6) is 0.295. The van der Waals surface area contributed by atoms with Crippen LogP contribution in [-0.2, 0) is 4.79 Å². The first kappa shape index (κ1) is 21.4. The van der Waals surface area contributed by atoms with E-state index in [1.165, 1.54) is 18.3 Å². The van der Waals surface area contributed by atoms with Crippen LogP contribution in [0.2, 0.25) is 0 Å². The first-order valence-electron chi connectivity index (χ1n) is 9.33. The third-order valence-electron chi connectivity index (χ3n) is 4.15. The van der Waals surface area contributed by atoms with Gasteiger partial charge >= 0.3 is 0 Å². The number of carbonyl (C=O) groups is 2. The molecule has 0 aliphatic heterocycles. The van der Waals surface area contributed by atoms with Crippen LogP contribution in [0, 0.1) is 0 Å². The second-order valence-corrected chi connectivity index (χ2v) is 6.35. The summed E-state index contributed by atoms with van der Waals surface area (Å²) in [7, 11) is 1.57. The Labute approximate surface area is 179 Å². The Hall–Kier alpha value is -4.33. The van der Waals surface area contributed by atoms with Gasteiger partial charge in [-0.2, -0.15) is 5.10 Å². The number of nitrogens with one attached hydrogen (secondary N) is 2. The smallest absolute Gasteiger partial charge is 0.275 e. The van der Waals surface area contributed by atoms with Crippen LogP contribution in [0.4, 0.5) is 5.69 Å². The third kappa shape index (κ3) is 6.33. The van der Waals surface area contributed by atoms with Gasteiger partial charge in [0.15, 0.2) is 6.61 Å². The number of ether oxygens (including phenoxy) is 2. The van der Waals surface area contributed by atoms with Crippen molar-refractivity contribution < 1.29 is 24.2 Å². The Balaban J connectivity index is 1.46. The Morgan fingerprint density at radius 1 is 0.968 bits per heavy atom. The number of carbonyl (C=O) groups excluding carboxylic acids is 2. The van der Waals surface area contributed by atoms with Crippen molar-refractivity contribution in [3.05, 3.63) is 83.9 Å². The minimum absolute atomic E-state index is 0.118. The highest BCUT2D eigenvalue weighted by Crippen LogP contribution is 2.16. The number of para-hydroxylation sites is 1. The normalized spacial score (nSPS) is 10.5. The van der Waals surface area contributed by atoms with Gasteiger partial charge in [-0.05, 0) is 66.2 Å². The minimum atomic E-state index is -0.517. The number of aromatic hydroxyl groups is 1. The van der Waals surface area contributed by atoms with Gasteiger partial charge in [0.25, 0.3) is 11.8 Å². The number of phenolic OH excluding ortho intramolecular Hbond substituents is 1. The first-order valence-corrected chi connectivity index (χ1v) is 9.33. The lowest BCUT2D eigenvalue weighted by atomic mass is 10.2. The Bertz CT molecular complexity index is 1060. The number of amides is 2. The van der Waals surface area contributed by atoms with Crippen molar-refractivity contribution >= 4 is 23.7 Å². The highest BCUT2D eigenvalue weighted by atomic mass is 16.5. The number of anilines is 1. The molecule has 0 aromatic heterocycles. The van der Waals surface area contributed by atoms with Crippen molar-refractivity contribution in [1.29, 1.82) is 0 Å². The Kier molecular flexibility index (Phi) is 7.21. The van der Waals surface area contributed by atoms with Gasteiger partial charge in [-0.3, -0.25) is 9.59 Å². The molecule has 8 heteroatoms. The lowest BCUT2D eigenvalue weighted by Crippen LogP contribution is -2.20. The average molecular weight is 419 g/mol. The SMILES string of the molecule is COc1ccc(NC(=O)COc2ccc(/C=N\NC(=O)c3ccccc3O)cc2)cc1. The number of methoxy groups -OCH3 is 1. The van der Waals surface area contributed by atoms with Crippen molar-refractivity contribution in [1.82, 2.24) is 5.43 Å². The number of benzene rings is 3. The van der Waals surface area contributed by atoms with Crippen molar-refractivity contribution in [3.63, 3.8) is 0 Å². The minimum Gasteiger partial charge on any atom is -0.507 e. The number of nitrogens with zero attached hydrogens (tertiary/aromatic N) is 1. The van der Waals surface area contributed by atoms with Crippen molar-refractivity contribution in [3.8, 4) is 17.2 Å². The molecule has 0 heterocycles. The number of rotatable bonds is 8. The molecule has 3 aromatic rings. The van der Waals surface area contributed by atoms with Gasteiger partial charge in [-0.15, -0.1) is 0 Å². The third-order valence-corrected chi connectivity index (χ3v) is 4.15. The molecule has 0 atom stereocenters. The molecule has 0 saturated carbocycles. The van der Waals surface area contributed by atoms with Crippen molar-refractivity contribution in [2.45, 2.75) is 0 Å². The van der Waals surface area contributed by atoms with Crippen LogP contribution in [0.3, 0.4) is 0 Å². The summed E-state index contributed by atoms with van der Waals surface area (Å²) in [6, 6.07) is 20.0. The van der Waals surface area contributed by atoms with E-state index in [0.717, 1.165) is 0 Å². The standard InChI is InChI=1S/C23H21N3O5/c1-30-18-12-8-17(9-13-18)25-22(28)15-31-19-10-6-16(7-11-19)14-24-26-23(29)20-4-2-3-5-21(20)27/h2-14,27H,15H2,1H3,(H,25,28)(H,26,29)/b24-14-. The predicted octanol–water partition coefficient (Wildman–Crippen LogP) is 3.18. The monoisotopic (exact) mass is 419 g/mol. The van der Waals surface area contributed by atoms with Gasteiger partial charge in [0, 0.05) is 5.69 Å². The van der Waals surface area contributed by atoms with E-state index in [9.17, 15) is 14.7 Å². The van der Waals surface area contributed by atoms with E-state index < -0.39 is 5.91 Å². The van der Waals surface area contributed by atoms with E-state index in [2.05, 4.69) is 15.8 Å². The molecule has 31 heavy (non-hydrogen) atoms. The molecule has 158 valence electrons. The van der Waals surface area contributed by atoms with Crippen LogP contribution < -0.4 is 20.2 Å². The summed E-state index contributed by atoms with van der Waals surface area (Å²) >= 11 is 0. The topological polar surface area (TPSA) is 109 Å². The molecule has 2 amide bonds. The van der Waals surface area contributed by atoms with E-state index in [-0.39, 0.29) is 23.8 Å². The molecule has 0 fully saturated rings. The summed E-state index contributed by atoms with van der Waals surface area (Å²) < 4.78 is 10.5. The van der Waals surface area contributed by atoms with Crippen LogP contribution in [0.5, 0.6) is 17.2 Å². The van der Waals surface area contributed by atoms with Crippen molar-refractivity contribution in [2.24, 2.45) is 5.10 Å². The van der Waals surface area contributed by atoms with Gasteiger partial charge < -0.3 is 19.9 Å². The van der Waals surface area contributed by atoms with E-state index >= 15 is 0 Å². The molecule has 3 N–H and O–H groups in total. The van der Waals surface area contributed by atoms with Gasteiger partial charge in [0.2, 0.25) is 0 Å². The zero-order valence-corrected chi connectivity index (χ0v) is 16.7. The van der Waals surface area contributed by atoms with Gasteiger partial charge in [-0.1, -0.05) is 12.1 Å². The summed E-state index contributed by atoms with van der Waals surface area (Å²) in [6.45, 7) is -0.143. The zero-order chi connectivity index (χ0) is 22.1. The second kappa shape index (κ2) is 10.4. The molecule has 3 aromatic carbocycles. The molecule has 0 radical (unpaired) electrons.